The van der Waals surface area contributed by atoms with Gasteiger partial charge in [0.15, 0.2) is 6.61 Å². The van der Waals surface area contributed by atoms with Crippen molar-refractivity contribution < 1.29 is 32.1 Å². The van der Waals surface area contributed by atoms with Gasteiger partial charge in [-0.3, -0.25) is 25.1 Å². The number of nitrogens with zero attached hydrogens (tertiary/aromatic N) is 3. The molecule has 30 heavy (non-hydrogen) atoms. The summed E-state index contributed by atoms with van der Waals surface area (Å²) in [5.41, 5.74) is -3.01. The fraction of sp³-hybridized carbons (Fsp3) is 0.556. The van der Waals surface area contributed by atoms with Crippen molar-refractivity contribution in [1.29, 1.82) is 0 Å². The molecule has 164 valence electrons. The molecular weight excluding hydrogens is 414 g/mol. The van der Waals surface area contributed by atoms with Crippen LogP contribution in [0, 0.1) is 20.2 Å². The summed E-state index contributed by atoms with van der Waals surface area (Å²) in [4.78, 5) is 24.0. The average Bonchev–Trinajstić information content (AvgIpc) is 2.66. The van der Waals surface area contributed by atoms with E-state index < -0.39 is 58.5 Å². The highest BCUT2D eigenvalue weighted by atomic mass is 19.3. The maximum Gasteiger partial charge on any atom is 0.340 e. The van der Waals surface area contributed by atoms with Gasteiger partial charge in [-0.15, -0.1) is 0 Å². The standard InChI is InChI=1S/C18H19F4N3O5/c19-15(20)18(21,22)12-30-14-6-16(24(26)27)9-17(7-14,25(28)29)11-23(10-16)8-13-4-2-1-3-5-13/h1-6,15H,7-12H2/t16-,17+/m1/s1. The number of ether oxygens (including phenoxy) is 1. The Balaban J connectivity index is 1.91. The molecule has 1 aliphatic heterocycles. The first-order valence-electron chi connectivity index (χ1n) is 9.04. The molecular formula is C18H19F4N3O5. The van der Waals surface area contributed by atoms with E-state index in [0.717, 1.165) is 11.6 Å². The van der Waals surface area contributed by atoms with E-state index in [2.05, 4.69) is 0 Å². The van der Waals surface area contributed by atoms with E-state index in [0.29, 0.717) is 0 Å². The minimum Gasteiger partial charge on any atom is -0.491 e. The van der Waals surface area contributed by atoms with Crippen LogP contribution in [0.15, 0.2) is 42.2 Å². The van der Waals surface area contributed by atoms with E-state index in [1.165, 1.54) is 0 Å². The van der Waals surface area contributed by atoms with Crippen LogP contribution in [0.25, 0.3) is 0 Å². The molecule has 12 heteroatoms. The second-order valence-corrected chi connectivity index (χ2v) is 7.79. The van der Waals surface area contributed by atoms with E-state index in [1.54, 1.807) is 35.2 Å². The third-order valence-corrected chi connectivity index (χ3v) is 5.35. The van der Waals surface area contributed by atoms with Gasteiger partial charge < -0.3 is 4.74 Å². The van der Waals surface area contributed by atoms with E-state index in [-0.39, 0.29) is 19.6 Å². The number of benzene rings is 1. The zero-order valence-electron chi connectivity index (χ0n) is 15.7. The summed E-state index contributed by atoms with van der Waals surface area (Å²) in [5, 5.41) is 23.8. The number of nitro groups is 2. The number of rotatable bonds is 8. The number of likely N-dealkylation sites (tertiary alicyclic amines) is 1. The van der Waals surface area contributed by atoms with E-state index in [9.17, 15) is 37.8 Å². The highest BCUT2D eigenvalue weighted by molar-refractivity contribution is 5.23. The topological polar surface area (TPSA) is 98.8 Å². The molecule has 2 aliphatic rings. The quantitative estimate of drug-likeness (QED) is 0.355. The van der Waals surface area contributed by atoms with E-state index in [4.69, 9.17) is 4.74 Å². The molecule has 2 atom stereocenters. The van der Waals surface area contributed by atoms with Gasteiger partial charge in [-0.2, -0.15) is 8.78 Å². The molecule has 0 spiro atoms. The summed E-state index contributed by atoms with van der Waals surface area (Å²) >= 11 is 0. The number of hydrogen-bond donors (Lipinski definition) is 0. The van der Waals surface area contributed by atoms with Crippen molar-refractivity contribution in [2.24, 2.45) is 0 Å². The van der Waals surface area contributed by atoms with Gasteiger partial charge in [0.05, 0.1) is 25.9 Å². The molecule has 1 saturated heterocycles. The van der Waals surface area contributed by atoms with Gasteiger partial charge in [0.1, 0.15) is 5.76 Å². The summed E-state index contributed by atoms with van der Waals surface area (Å²) in [6, 6.07) is 8.87. The normalized spacial score (nSPS) is 26.9. The lowest BCUT2D eigenvalue weighted by Crippen LogP contribution is -2.66. The molecule has 0 saturated carbocycles. The number of alkyl halides is 4. The van der Waals surface area contributed by atoms with Gasteiger partial charge in [-0.05, 0) is 5.56 Å². The largest absolute Gasteiger partial charge is 0.491 e. The van der Waals surface area contributed by atoms with Crippen LogP contribution in [0.4, 0.5) is 17.6 Å². The lowest BCUT2D eigenvalue weighted by Gasteiger charge is -2.45. The molecule has 0 unspecified atom stereocenters. The Bertz CT molecular complexity index is 853. The second kappa shape index (κ2) is 7.82. The van der Waals surface area contributed by atoms with Crippen molar-refractivity contribution in [2.45, 2.75) is 42.8 Å². The van der Waals surface area contributed by atoms with Crippen molar-refractivity contribution in [3.8, 4) is 0 Å². The first-order valence-corrected chi connectivity index (χ1v) is 9.04. The summed E-state index contributed by atoms with van der Waals surface area (Å²) < 4.78 is 56.0. The first kappa shape index (κ1) is 21.9. The maximum absolute atomic E-state index is 13.2. The van der Waals surface area contributed by atoms with Gasteiger partial charge in [0.2, 0.25) is 5.54 Å². The van der Waals surface area contributed by atoms with Gasteiger partial charge >= 0.3 is 12.3 Å². The van der Waals surface area contributed by atoms with Crippen LogP contribution in [0.2, 0.25) is 0 Å². The fourth-order valence-electron chi connectivity index (χ4n) is 4.09. The fourth-order valence-corrected chi connectivity index (χ4v) is 4.09. The number of hydrogen-bond acceptors (Lipinski definition) is 6. The number of fused-ring (bicyclic) bond motifs is 2. The van der Waals surface area contributed by atoms with Crippen LogP contribution < -0.4 is 0 Å². The highest BCUT2D eigenvalue weighted by Gasteiger charge is 2.64. The van der Waals surface area contributed by atoms with Crippen LogP contribution in [0.1, 0.15) is 18.4 Å². The summed E-state index contributed by atoms with van der Waals surface area (Å²) in [5.74, 6) is -4.91. The van der Waals surface area contributed by atoms with Gasteiger partial charge in [-0.1, -0.05) is 30.3 Å². The Morgan fingerprint density at radius 3 is 2.37 bits per heavy atom. The second-order valence-electron chi connectivity index (χ2n) is 7.79. The Morgan fingerprint density at radius 1 is 1.13 bits per heavy atom. The van der Waals surface area contributed by atoms with Crippen molar-refractivity contribution in [3.63, 3.8) is 0 Å². The predicted octanol–water partition coefficient (Wildman–Crippen LogP) is 3.13. The molecule has 1 fully saturated rings. The predicted molar refractivity (Wildman–Crippen MR) is 95.4 cm³/mol. The molecule has 1 heterocycles. The van der Waals surface area contributed by atoms with Crippen molar-refractivity contribution >= 4 is 0 Å². The Morgan fingerprint density at radius 2 is 1.80 bits per heavy atom. The molecule has 0 radical (unpaired) electrons. The molecule has 3 rings (SSSR count). The van der Waals surface area contributed by atoms with Gasteiger partial charge in [-0.25, -0.2) is 8.78 Å². The van der Waals surface area contributed by atoms with E-state index >= 15 is 0 Å². The summed E-state index contributed by atoms with van der Waals surface area (Å²) in [7, 11) is 0. The molecule has 1 aromatic carbocycles. The van der Waals surface area contributed by atoms with Crippen LogP contribution in [0.3, 0.4) is 0 Å². The Kier molecular flexibility index (Phi) is 5.72. The SMILES string of the molecule is O=[N+]([O-])[C@@]12C=C(OCC(F)(F)C(F)F)C[C@@]([N+](=O)[O-])(CN(Cc3ccccc3)C1)C2. The smallest absolute Gasteiger partial charge is 0.340 e. The lowest BCUT2D eigenvalue weighted by atomic mass is 9.71. The molecule has 1 aliphatic carbocycles. The third kappa shape index (κ3) is 4.23. The lowest BCUT2D eigenvalue weighted by molar-refractivity contribution is -0.621. The molecule has 0 amide bonds. The zero-order chi connectivity index (χ0) is 22.2. The Labute approximate surface area is 168 Å². The molecule has 0 aromatic heterocycles. The van der Waals surface area contributed by atoms with Gasteiger partial charge in [0.25, 0.3) is 5.54 Å². The van der Waals surface area contributed by atoms with E-state index in [1.807, 2.05) is 0 Å². The molecule has 1 aromatic rings. The zero-order valence-corrected chi connectivity index (χ0v) is 15.7. The number of piperidine rings is 1. The molecule has 2 bridgehead atoms. The van der Waals surface area contributed by atoms with Crippen molar-refractivity contribution in [1.82, 2.24) is 4.90 Å². The molecule has 8 nitrogen and oxygen atoms in total. The maximum atomic E-state index is 13.2. The van der Waals surface area contributed by atoms with Crippen LogP contribution in [-0.4, -0.2) is 57.9 Å². The van der Waals surface area contributed by atoms with Crippen LogP contribution in [0.5, 0.6) is 0 Å². The van der Waals surface area contributed by atoms with Crippen LogP contribution in [-0.2, 0) is 11.3 Å². The summed E-state index contributed by atoms with van der Waals surface area (Å²) in [6.45, 7) is -1.87. The first-order chi connectivity index (χ1) is 14.0. The minimum atomic E-state index is -4.48. The van der Waals surface area contributed by atoms with Crippen molar-refractivity contribution in [2.75, 3.05) is 19.7 Å². The summed E-state index contributed by atoms with van der Waals surface area (Å²) in [6.07, 6.45) is -3.96. The third-order valence-electron chi connectivity index (χ3n) is 5.35. The molecule has 0 N–H and O–H groups in total. The Hall–Kier alpha value is -2.76. The minimum absolute atomic E-state index is 0.170. The van der Waals surface area contributed by atoms with Crippen molar-refractivity contribution in [3.05, 3.63) is 68.0 Å². The number of halogens is 4. The highest BCUT2D eigenvalue weighted by Crippen LogP contribution is 2.44. The van der Waals surface area contributed by atoms with Gasteiger partial charge in [0, 0.05) is 22.5 Å². The van der Waals surface area contributed by atoms with Crippen LogP contribution >= 0.6 is 0 Å². The monoisotopic (exact) mass is 433 g/mol. The average molecular weight is 433 g/mol.